The van der Waals surface area contributed by atoms with Gasteiger partial charge in [0.05, 0.1) is 6.61 Å². The van der Waals surface area contributed by atoms with Gasteiger partial charge >= 0.3 is 0 Å². The lowest BCUT2D eigenvalue weighted by Gasteiger charge is -2.17. The molecule has 0 amide bonds. The first-order valence-electron chi connectivity index (χ1n) is 6.09. The number of hydrogen-bond donors (Lipinski definition) is 1. The maximum absolute atomic E-state index is 5.84. The Hall–Kier alpha value is -1.02. The lowest BCUT2D eigenvalue weighted by atomic mass is 10.1. The number of nitrogens with one attached hydrogen (secondary N) is 1. The summed E-state index contributed by atoms with van der Waals surface area (Å²) in [5.74, 6) is 1.02. The van der Waals surface area contributed by atoms with E-state index < -0.39 is 0 Å². The van der Waals surface area contributed by atoms with Gasteiger partial charge in [-0.2, -0.15) is 0 Å². The van der Waals surface area contributed by atoms with Crippen molar-refractivity contribution in [3.63, 3.8) is 0 Å². The number of ether oxygens (including phenoxy) is 1. The molecule has 0 aliphatic heterocycles. The van der Waals surface area contributed by atoms with E-state index in [0.29, 0.717) is 6.04 Å². The van der Waals surface area contributed by atoms with Crippen molar-refractivity contribution in [2.24, 2.45) is 0 Å². The van der Waals surface area contributed by atoms with Gasteiger partial charge in [-0.3, -0.25) is 0 Å². The summed E-state index contributed by atoms with van der Waals surface area (Å²) in [6.07, 6.45) is 2.28. The smallest absolute Gasteiger partial charge is 0.124 e. The van der Waals surface area contributed by atoms with Gasteiger partial charge in [0.25, 0.3) is 0 Å². The van der Waals surface area contributed by atoms with Crippen LogP contribution in [-0.2, 0) is 0 Å². The number of benzene rings is 1. The van der Waals surface area contributed by atoms with Crippen LogP contribution in [0.1, 0.15) is 43.9 Å². The molecule has 16 heavy (non-hydrogen) atoms. The predicted molar refractivity (Wildman–Crippen MR) is 69.1 cm³/mol. The summed E-state index contributed by atoms with van der Waals surface area (Å²) in [6, 6.07) is 6.74. The van der Waals surface area contributed by atoms with E-state index in [-0.39, 0.29) is 0 Å². The molecule has 2 nitrogen and oxygen atoms in total. The zero-order chi connectivity index (χ0) is 12.0. The highest BCUT2D eigenvalue weighted by atomic mass is 16.5. The quantitative estimate of drug-likeness (QED) is 0.743. The SMILES string of the molecule is CCCCOc1cc(C)ccc1C(C)NC. The molecule has 0 aliphatic rings. The Morgan fingerprint density at radius 1 is 1.38 bits per heavy atom. The molecule has 0 fully saturated rings. The van der Waals surface area contributed by atoms with Crippen LogP contribution in [-0.4, -0.2) is 13.7 Å². The van der Waals surface area contributed by atoms with Crippen LogP contribution < -0.4 is 10.1 Å². The molecule has 1 rings (SSSR count). The largest absolute Gasteiger partial charge is 0.493 e. The van der Waals surface area contributed by atoms with Crippen molar-refractivity contribution in [2.75, 3.05) is 13.7 Å². The monoisotopic (exact) mass is 221 g/mol. The molecule has 0 aliphatic carbocycles. The summed E-state index contributed by atoms with van der Waals surface area (Å²) < 4.78 is 5.84. The summed E-state index contributed by atoms with van der Waals surface area (Å²) in [6.45, 7) is 7.23. The molecular weight excluding hydrogens is 198 g/mol. The van der Waals surface area contributed by atoms with E-state index in [9.17, 15) is 0 Å². The van der Waals surface area contributed by atoms with Gasteiger partial charge in [-0.05, 0) is 38.9 Å². The molecule has 0 bridgehead atoms. The van der Waals surface area contributed by atoms with Gasteiger partial charge < -0.3 is 10.1 Å². The molecule has 1 aromatic rings. The lowest BCUT2D eigenvalue weighted by molar-refractivity contribution is 0.303. The van der Waals surface area contributed by atoms with Crippen LogP contribution in [0.15, 0.2) is 18.2 Å². The van der Waals surface area contributed by atoms with Gasteiger partial charge in [0.2, 0.25) is 0 Å². The van der Waals surface area contributed by atoms with E-state index in [1.165, 1.54) is 17.5 Å². The molecule has 0 saturated carbocycles. The van der Waals surface area contributed by atoms with Crippen molar-refractivity contribution in [1.29, 1.82) is 0 Å². The molecule has 0 spiro atoms. The van der Waals surface area contributed by atoms with Gasteiger partial charge in [-0.15, -0.1) is 0 Å². The fourth-order valence-corrected chi connectivity index (χ4v) is 1.61. The number of rotatable bonds is 6. The highest BCUT2D eigenvalue weighted by Gasteiger charge is 2.09. The van der Waals surface area contributed by atoms with Crippen LogP contribution in [0.5, 0.6) is 5.75 Å². The Morgan fingerprint density at radius 3 is 2.75 bits per heavy atom. The third kappa shape index (κ3) is 3.53. The molecule has 0 radical (unpaired) electrons. The topological polar surface area (TPSA) is 21.3 Å². The third-order valence-electron chi connectivity index (χ3n) is 2.82. The van der Waals surface area contributed by atoms with Crippen LogP contribution in [0.25, 0.3) is 0 Å². The second-order valence-electron chi connectivity index (χ2n) is 4.25. The molecule has 2 heteroatoms. The first kappa shape index (κ1) is 13.0. The summed E-state index contributed by atoms with van der Waals surface area (Å²) in [4.78, 5) is 0. The summed E-state index contributed by atoms with van der Waals surface area (Å²) in [5, 5.41) is 3.25. The van der Waals surface area contributed by atoms with Gasteiger partial charge in [0.15, 0.2) is 0 Å². The van der Waals surface area contributed by atoms with E-state index in [2.05, 4.69) is 44.3 Å². The van der Waals surface area contributed by atoms with E-state index in [0.717, 1.165) is 18.8 Å². The summed E-state index contributed by atoms with van der Waals surface area (Å²) >= 11 is 0. The molecule has 1 aromatic carbocycles. The highest BCUT2D eigenvalue weighted by molar-refractivity contribution is 5.39. The Kier molecular flexibility index (Phi) is 5.33. The van der Waals surface area contributed by atoms with Gasteiger partial charge in [0.1, 0.15) is 5.75 Å². The van der Waals surface area contributed by atoms with Crippen molar-refractivity contribution >= 4 is 0 Å². The fraction of sp³-hybridized carbons (Fsp3) is 0.571. The van der Waals surface area contributed by atoms with Crippen LogP contribution in [0.4, 0.5) is 0 Å². The van der Waals surface area contributed by atoms with E-state index in [1.807, 2.05) is 7.05 Å². The van der Waals surface area contributed by atoms with Gasteiger partial charge in [-0.1, -0.05) is 25.5 Å². The molecule has 1 N–H and O–H groups in total. The third-order valence-corrected chi connectivity index (χ3v) is 2.82. The number of hydrogen-bond acceptors (Lipinski definition) is 2. The zero-order valence-electron chi connectivity index (χ0n) is 10.8. The minimum absolute atomic E-state index is 0.331. The van der Waals surface area contributed by atoms with E-state index in [4.69, 9.17) is 4.74 Å². The van der Waals surface area contributed by atoms with Crippen molar-refractivity contribution in [3.8, 4) is 5.75 Å². The second kappa shape index (κ2) is 6.54. The van der Waals surface area contributed by atoms with Crippen molar-refractivity contribution in [2.45, 2.75) is 39.7 Å². The predicted octanol–water partition coefficient (Wildman–Crippen LogP) is 3.45. The van der Waals surface area contributed by atoms with Gasteiger partial charge in [-0.25, -0.2) is 0 Å². The second-order valence-corrected chi connectivity index (χ2v) is 4.25. The maximum atomic E-state index is 5.84. The van der Waals surface area contributed by atoms with Gasteiger partial charge in [0, 0.05) is 11.6 Å². The van der Waals surface area contributed by atoms with Crippen molar-refractivity contribution in [1.82, 2.24) is 5.32 Å². The highest BCUT2D eigenvalue weighted by Crippen LogP contribution is 2.26. The summed E-state index contributed by atoms with van der Waals surface area (Å²) in [7, 11) is 1.97. The Labute approximate surface area is 99.0 Å². The van der Waals surface area contributed by atoms with Crippen LogP contribution >= 0.6 is 0 Å². The fourth-order valence-electron chi connectivity index (χ4n) is 1.61. The van der Waals surface area contributed by atoms with Crippen molar-refractivity contribution in [3.05, 3.63) is 29.3 Å². The Morgan fingerprint density at radius 2 is 2.12 bits per heavy atom. The molecule has 1 unspecified atom stereocenters. The average molecular weight is 221 g/mol. The normalized spacial score (nSPS) is 12.5. The average Bonchev–Trinajstić information content (AvgIpc) is 2.29. The van der Waals surface area contributed by atoms with E-state index in [1.54, 1.807) is 0 Å². The first-order chi connectivity index (χ1) is 7.69. The molecular formula is C14H23NO. The van der Waals surface area contributed by atoms with Crippen LogP contribution in [0.2, 0.25) is 0 Å². The minimum atomic E-state index is 0.331. The lowest BCUT2D eigenvalue weighted by Crippen LogP contribution is -2.14. The number of aryl methyl sites for hydroxylation is 1. The van der Waals surface area contributed by atoms with Crippen molar-refractivity contribution < 1.29 is 4.74 Å². The van der Waals surface area contributed by atoms with Crippen LogP contribution in [0, 0.1) is 6.92 Å². The molecule has 90 valence electrons. The zero-order valence-corrected chi connectivity index (χ0v) is 10.8. The molecule has 0 aromatic heterocycles. The molecule has 0 saturated heterocycles. The summed E-state index contributed by atoms with van der Waals surface area (Å²) in [5.41, 5.74) is 2.49. The number of unbranched alkanes of at least 4 members (excludes halogenated alkanes) is 1. The standard InChI is InChI=1S/C14H23NO/c1-5-6-9-16-14-10-11(2)7-8-13(14)12(3)15-4/h7-8,10,12,15H,5-6,9H2,1-4H3. The minimum Gasteiger partial charge on any atom is -0.493 e. The molecule has 0 heterocycles. The first-order valence-corrected chi connectivity index (χ1v) is 6.09. The maximum Gasteiger partial charge on any atom is 0.124 e. The Balaban J connectivity index is 2.81. The Bertz CT molecular complexity index is 323. The molecule has 1 atom stereocenters. The van der Waals surface area contributed by atoms with Crippen LogP contribution in [0.3, 0.4) is 0 Å². The van der Waals surface area contributed by atoms with E-state index >= 15 is 0 Å².